The normalized spacial score (nSPS) is 29.8. The Bertz CT molecular complexity index is 155. The molecule has 1 fully saturated rings. The van der Waals surface area contributed by atoms with Gasteiger partial charge < -0.3 is 5.32 Å². The van der Waals surface area contributed by atoms with Crippen molar-refractivity contribution in [2.24, 2.45) is 11.8 Å². The van der Waals surface area contributed by atoms with Gasteiger partial charge in [-0.15, -0.1) is 0 Å². The van der Waals surface area contributed by atoms with Crippen molar-refractivity contribution in [3.63, 3.8) is 0 Å². The highest BCUT2D eigenvalue weighted by Crippen LogP contribution is 2.29. The van der Waals surface area contributed by atoms with Crippen molar-refractivity contribution >= 4 is 0 Å². The van der Waals surface area contributed by atoms with E-state index in [0.29, 0.717) is 0 Å². The maximum atomic E-state index is 3.70. The predicted molar refractivity (Wildman–Crippen MR) is 68.1 cm³/mol. The fourth-order valence-electron chi connectivity index (χ4n) is 2.88. The average Bonchev–Trinajstić information content (AvgIpc) is 2.45. The molecule has 0 aliphatic heterocycles. The Morgan fingerprint density at radius 1 is 1.13 bits per heavy atom. The van der Waals surface area contributed by atoms with Gasteiger partial charge in [0, 0.05) is 6.04 Å². The zero-order valence-corrected chi connectivity index (χ0v) is 10.9. The van der Waals surface area contributed by atoms with Crippen molar-refractivity contribution in [1.29, 1.82) is 0 Å². The van der Waals surface area contributed by atoms with E-state index < -0.39 is 0 Å². The van der Waals surface area contributed by atoms with Gasteiger partial charge in [0.25, 0.3) is 0 Å². The lowest BCUT2D eigenvalue weighted by Gasteiger charge is -2.28. The Morgan fingerprint density at radius 3 is 2.53 bits per heavy atom. The molecular formula is C14H29N. The van der Waals surface area contributed by atoms with Gasteiger partial charge in [0.05, 0.1) is 0 Å². The summed E-state index contributed by atoms with van der Waals surface area (Å²) in [5.41, 5.74) is 0. The fourth-order valence-corrected chi connectivity index (χ4v) is 2.88. The van der Waals surface area contributed by atoms with Crippen LogP contribution in [0.5, 0.6) is 0 Å². The Labute approximate surface area is 96.0 Å². The van der Waals surface area contributed by atoms with Crippen molar-refractivity contribution < 1.29 is 0 Å². The van der Waals surface area contributed by atoms with E-state index in [0.717, 1.165) is 24.4 Å². The molecule has 0 radical (unpaired) electrons. The van der Waals surface area contributed by atoms with Crippen LogP contribution >= 0.6 is 0 Å². The SMILES string of the molecule is CCNC1CCCCCC1CC(C)CC. The summed E-state index contributed by atoms with van der Waals surface area (Å²) in [6, 6.07) is 0.812. The van der Waals surface area contributed by atoms with E-state index in [2.05, 4.69) is 26.1 Å². The number of hydrogen-bond donors (Lipinski definition) is 1. The van der Waals surface area contributed by atoms with Crippen LogP contribution in [0.15, 0.2) is 0 Å². The Kier molecular flexibility index (Phi) is 6.31. The number of nitrogens with one attached hydrogen (secondary N) is 1. The van der Waals surface area contributed by atoms with Gasteiger partial charge in [-0.25, -0.2) is 0 Å². The van der Waals surface area contributed by atoms with Gasteiger partial charge >= 0.3 is 0 Å². The van der Waals surface area contributed by atoms with Crippen molar-refractivity contribution in [1.82, 2.24) is 5.32 Å². The van der Waals surface area contributed by atoms with Crippen LogP contribution in [0.4, 0.5) is 0 Å². The highest BCUT2D eigenvalue weighted by Gasteiger charge is 2.23. The molecule has 0 heterocycles. The molecule has 1 rings (SSSR count). The minimum Gasteiger partial charge on any atom is -0.314 e. The molecule has 0 spiro atoms. The molecule has 3 unspecified atom stereocenters. The van der Waals surface area contributed by atoms with E-state index in [-0.39, 0.29) is 0 Å². The highest BCUT2D eigenvalue weighted by atomic mass is 14.9. The first-order valence-corrected chi connectivity index (χ1v) is 7.01. The second-order valence-corrected chi connectivity index (χ2v) is 5.31. The lowest BCUT2D eigenvalue weighted by molar-refractivity contribution is 0.279. The Hall–Kier alpha value is -0.0400. The van der Waals surface area contributed by atoms with Crippen LogP contribution in [0.1, 0.15) is 65.7 Å². The van der Waals surface area contributed by atoms with Crippen molar-refractivity contribution in [3.8, 4) is 0 Å². The summed E-state index contributed by atoms with van der Waals surface area (Å²) < 4.78 is 0. The molecule has 1 saturated carbocycles. The molecule has 0 saturated heterocycles. The molecule has 0 aromatic heterocycles. The summed E-state index contributed by atoms with van der Waals surface area (Å²) in [6.07, 6.45) is 10.0. The van der Waals surface area contributed by atoms with Crippen LogP contribution in [0, 0.1) is 11.8 Å². The molecule has 1 nitrogen and oxygen atoms in total. The van der Waals surface area contributed by atoms with Gasteiger partial charge in [0.15, 0.2) is 0 Å². The molecule has 0 amide bonds. The number of hydrogen-bond acceptors (Lipinski definition) is 1. The molecule has 0 aromatic rings. The van der Waals surface area contributed by atoms with Gasteiger partial charge in [-0.3, -0.25) is 0 Å². The van der Waals surface area contributed by atoms with Crippen molar-refractivity contribution in [3.05, 3.63) is 0 Å². The third-order valence-corrected chi connectivity index (χ3v) is 4.03. The van der Waals surface area contributed by atoms with E-state index in [1.54, 1.807) is 0 Å². The predicted octanol–water partition coefficient (Wildman–Crippen LogP) is 3.98. The van der Waals surface area contributed by atoms with Crippen LogP contribution in [-0.2, 0) is 0 Å². The van der Waals surface area contributed by atoms with Crippen molar-refractivity contribution in [2.75, 3.05) is 6.54 Å². The van der Waals surface area contributed by atoms with Gasteiger partial charge in [-0.2, -0.15) is 0 Å². The third-order valence-electron chi connectivity index (χ3n) is 4.03. The molecule has 1 N–H and O–H groups in total. The molecule has 1 heteroatoms. The Morgan fingerprint density at radius 2 is 1.87 bits per heavy atom. The lowest BCUT2D eigenvalue weighted by atomic mass is 9.85. The minimum absolute atomic E-state index is 0.812. The van der Waals surface area contributed by atoms with Gasteiger partial charge in [0.2, 0.25) is 0 Å². The second-order valence-electron chi connectivity index (χ2n) is 5.31. The van der Waals surface area contributed by atoms with Crippen LogP contribution in [0.25, 0.3) is 0 Å². The summed E-state index contributed by atoms with van der Waals surface area (Å²) in [5, 5.41) is 3.70. The standard InChI is InChI=1S/C14H29N/c1-4-12(3)11-13-9-7-6-8-10-14(13)15-5-2/h12-15H,4-11H2,1-3H3. The minimum atomic E-state index is 0.812. The molecule has 90 valence electrons. The topological polar surface area (TPSA) is 12.0 Å². The quantitative estimate of drug-likeness (QED) is 0.678. The van der Waals surface area contributed by atoms with Crippen LogP contribution in [-0.4, -0.2) is 12.6 Å². The first-order valence-electron chi connectivity index (χ1n) is 7.01. The average molecular weight is 211 g/mol. The fraction of sp³-hybridized carbons (Fsp3) is 1.00. The molecular weight excluding hydrogens is 182 g/mol. The molecule has 1 aliphatic rings. The molecule has 3 atom stereocenters. The monoisotopic (exact) mass is 211 g/mol. The summed E-state index contributed by atoms with van der Waals surface area (Å²) in [7, 11) is 0. The van der Waals surface area contributed by atoms with Crippen LogP contribution < -0.4 is 5.32 Å². The first-order chi connectivity index (χ1) is 7.27. The second kappa shape index (κ2) is 7.27. The van der Waals surface area contributed by atoms with E-state index >= 15 is 0 Å². The van der Waals surface area contributed by atoms with E-state index in [9.17, 15) is 0 Å². The third kappa shape index (κ3) is 4.55. The maximum Gasteiger partial charge on any atom is 0.00953 e. The molecule has 1 aliphatic carbocycles. The summed E-state index contributed by atoms with van der Waals surface area (Å²) in [6.45, 7) is 8.12. The van der Waals surface area contributed by atoms with Gasteiger partial charge in [-0.05, 0) is 37.6 Å². The zero-order valence-electron chi connectivity index (χ0n) is 10.9. The highest BCUT2D eigenvalue weighted by molar-refractivity contribution is 4.80. The van der Waals surface area contributed by atoms with Crippen LogP contribution in [0.3, 0.4) is 0 Å². The maximum absolute atomic E-state index is 3.70. The Balaban J connectivity index is 2.45. The lowest BCUT2D eigenvalue weighted by Crippen LogP contribution is -2.36. The molecule has 15 heavy (non-hydrogen) atoms. The first kappa shape index (κ1) is 13.0. The van der Waals surface area contributed by atoms with E-state index in [4.69, 9.17) is 0 Å². The summed E-state index contributed by atoms with van der Waals surface area (Å²) >= 11 is 0. The smallest absolute Gasteiger partial charge is 0.00953 e. The largest absolute Gasteiger partial charge is 0.314 e. The van der Waals surface area contributed by atoms with Crippen LogP contribution in [0.2, 0.25) is 0 Å². The zero-order chi connectivity index (χ0) is 11.1. The molecule has 0 aromatic carbocycles. The van der Waals surface area contributed by atoms with E-state index in [1.807, 2.05) is 0 Å². The van der Waals surface area contributed by atoms with Gasteiger partial charge in [0.1, 0.15) is 0 Å². The summed E-state index contributed by atoms with van der Waals surface area (Å²) in [5.74, 6) is 1.86. The van der Waals surface area contributed by atoms with E-state index in [1.165, 1.54) is 44.9 Å². The van der Waals surface area contributed by atoms with Crippen molar-refractivity contribution in [2.45, 2.75) is 71.8 Å². The van der Waals surface area contributed by atoms with Gasteiger partial charge in [-0.1, -0.05) is 46.5 Å². The molecule has 0 bridgehead atoms. The summed E-state index contributed by atoms with van der Waals surface area (Å²) in [4.78, 5) is 0. The number of rotatable bonds is 5.